The van der Waals surface area contributed by atoms with Gasteiger partial charge in [-0.05, 0) is 19.3 Å². The number of rotatable bonds is 3. The Morgan fingerprint density at radius 2 is 1.22 bits per heavy atom. The van der Waals surface area contributed by atoms with Gasteiger partial charge in [-0.25, -0.2) is 0 Å². The van der Waals surface area contributed by atoms with E-state index in [2.05, 4.69) is 0 Å². The van der Waals surface area contributed by atoms with Crippen LogP contribution in [0.3, 0.4) is 0 Å². The zero-order chi connectivity index (χ0) is 6.62. The van der Waals surface area contributed by atoms with E-state index >= 15 is 0 Å². The second kappa shape index (κ2) is 4.77. The van der Waals surface area contributed by atoms with E-state index < -0.39 is 0 Å². The molecule has 0 spiro atoms. The molecule has 0 saturated carbocycles. The van der Waals surface area contributed by atoms with Crippen molar-refractivity contribution in [2.45, 2.75) is 45.6 Å². The lowest BCUT2D eigenvalue weighted by atomic mass is 9.95. The molecule has 9 heavy (non-hydrogen) atoms. The molecule has 0 aromatic rings. The second-order valence-corrected chi connectivity index (χ2v) is 2.29. The molecular formula is C7H19NO. The first-order valence-electron chi connectivity index (χ1n) is 3.41. The van der Waals surface area contributed by atoms with Crippen molar-refractivity contribution in [3.8, 4) is 0 Å². The predicted molar refractivity (Wildman–Crippen MR) is 40.8 cm³/mol. The Hall–Kier alpha value is -0.0800. The van der Waals surface area contributed by atoms with Crippen molar-refractivity contribution in [3.05, 3.63) is 0 Å². The Bertz CT molecular complexity index is 51.7. The van der Waals surface area contributed by atoms with Gasteiger partial charge in [0.1, 0.15) is 0 Å². The summed E-state index contributed by atoms with van der Waals surface area (Å²) in [6, 6.07) is 0. The van der Waals surface area contributed by atoms with Crippen LogP contribution in [0.25, 0.3) is 0 Å². The van der Waals surface area contributed by atoms with Gasteiger partial charge in [0.15, 0.2) is 0 Å². The molecule has 0 aliphatic heterocycles. The van der Waals surface area contributed by atoms with E-state index in [1.54, 1.807) is 0 Å². The van der Waals surface area contributed by atoms with Crippen molar-refractivity contribution in [3.63, 3.8) is 0 Å². The van der Waals surface area contributed by atoms with Crippen LogP contribution >= 0.6 is 0 Å². The van der Waals surface area contributed by atoms with Crippen molar-refractivity contribution in [1.29, 1.82) is 0 Å². The third kappa shape index (κ3) is 3.49. The van der Waals surface area contributed by atoms with E-state index in [4.69, 9.17) is 0 Å². The molecule has 0 amide bonds. The van der Waals surface area contributed by atoms with Crippen LogP contribution in [0.2, 0.25) is 0 Å². The molecule has 0 atom stereocenters. The van der Waals surface area contributed by atoms with E-state index in [0.29, 0.717) is 0 Å². The molecule has 0 bridgehead atoms. The Morgan fingerprint density at radius 3 is 1.22 bits per heavy atom. The highest BCUT2D eigenvalue weighted by Crippen LogP contribution is 2.17. The van der Waals surface area contributed by atoms with Crippen molar-refractivity contribution in [2.24, 2.45) is 0 Å². The van der Waals surface area contributed by atoms with Gasteiger partial charge >= 0.3 is 0 Å². The fourth-order valence-corrected chi connectivity index (χ4v) is 0.750. The molecule has 2 nitrogen and oxygen atoms in total. The lowest BCUT2D eigenvalue weighted by molar-refractivity contribution is 0.0285. The van der Waals surface area contributed by atoms with Crippen molar-refractivity contribution >= 4 is 0 Å². The van der Waals surface area contributed by atoms with Crippen LogP contribution in [0.1, 0.15) is 40.0 Å². The molecular weight excluding hydrogens is 114 g/mol. The molecule has 0 radical (unpaired) electrons. The van der Waals surface area contributed by atoms with Crippen LogP contribution in [-0.2, 0) is 0 Å². The predicted octanol–water partition coefficient (Wildman–Crippen LogP) is 2.11. The highest BCUT2D eigenvalue weighted by molar-refractivity contribution is 4.71. The summed E-state index contributed by atoms with van der Waals surface area (Å²) in [6.45, 7) is 6.06. The Labute approximate surface area is 57.9 Å². The summed E-state index contributed by atoms with van der Waals surface area (Å²) < 4.78 is 0. The van der Waals surface area contributed by atoms with E-state index in [9.17, 15) is 5.11 Å². The van der Waals surface area contributed by atoms with Crippen LogP contribution in [0.15, 0.2) is 0 Å². The molecule has 0 saturated heterocycles. The summed E-state index contributed by atoms with van der Waals surface area (Å²) in [6.07, 6.45) is 2.62. The zero-order valence-corrected chi connectivity index (χ0v) is 6.78. The summed E-state index contributed by atoms with van der Waals surface area (Å²) in [7, 11) is 0. The molecule has 0 unspecified atom stereocenters. The van der Waals surface area contributed by atoms with Gasteiger partial charge in [0.25, 0.3) is 0 Å². The molecule has 0 aromatic heterocycles. The summed E-state index contributed by atoms with van der Waals surface area (Å²) in [4.78, 5) is 0. The van der Waals surface area contributed by atoms with E-state index in [-0.39, 0.29) is 11.8 Å². The number of aliphatic hydroxyl groups is 1. The highest BCUT2D eigenvalue weighted by Gasteiger charge is 2.17. The fraction of sp³-hybridized carbons (Fsp3) is 1.00. The molecule has 0 fully saturated rings. The van der Waals surface area contributed by atoms with Crippen molar-refractivity contribution in [2.75, 3.05) is 0 Å². The summed E-state index contributed by atoms with van der Waals surface area (Å²) in [5.74, 6) is 0. The van der Waals surface area contributed by atoms with Gasteiger partial charge in [-0.15, -0.1) is 0 Å². The topological polar surface area (TPSA) is 55.2 Å². The molecule has 0 rings (SSSR count). The van der Waals surface area contributed by atoms with Crippen LogP contribution in [0.5, 0.6) is 0 Å². The summed E-state index contributed by atoms with van der Waals surface area (Å²) in [5, 5.41) is 9.44. The van der Waals surface area contributed by atoms with Gasteiger partial charge in [0.2, 0.25) is 0 Å². The van der Waals surface area contributed by atoms with Gasteiger partial charge in [0, 0.05) is 0 Å². The first-order chi connectivity index (χ1) is 3.68. The molecule has 2 heteroatoms. The second-order valence-electron chi connectivity index (χ2n) is 2.29. The maximum absolute atomic E-state index is 9.44. The minimum Gasteiger partial charge on any atom is -0.390 e. The summed E-state index contributed by atoms with van der Waals surface area (Å²) >= 11 is 0. The van der Waals surface area contributed by atoms with Crippen LogP contribution in [0.4, 0.5) is 0 Å². The van der Waals surface area contributed by atoms with Gasteiger partial charge in [-0.1, -0.05) is 20.8 Å². The van der Waals surface area contributed by atoms with Crippen molar-refractivity contribution < 1.29 is 5.11 Å². The normalized spacial score (nSPS) is 10.7. The Kier molecular flexibility index (Phi) is 6.19. The van der Waals surface area contributed by atoms with Crippen LogP contribution in [0, 0.1) is 0 Å². The monoisotopic (exact) mass is 133 g/mol. The largest absolute Gasteiger partial charge is 0.390 e. The van der Waals surface area contributed by atoms with E-state index in [1.807, 2.05) is 20.8 Å². The minimum atomic E-state index is -0.375. The molecule has 0 aliphatic rings. The van der Waals surface area contributed by atoms with Crippen LogP contribution in [-0.4, -0.2) is 10.7 Å². The van der Waals surface area contributed by atoms with E-state index in [0.717, 1.165) is 19.3 Å². The Balaban J connectivity index is 0. The standard InChI is InChI=1S/C7H16O.H3N/c1-4-7(8,5-2)6-3;/h8H,4-6H2,1-3H3;1H3. The molecule has 0 aliphatic carbocycles. The SMILES string of the molecule is CCC(O)(CC)CC.N. The fourth-order valence-electron chi connectivity index (χ4n) is 0.750. The maximum Gasteiger partial charge on any atom is 0.0640 e. The zero-order valence-electron chi connectivity index (χ0n) is 6.78. The number of hydrogen-bond donors (Lipinski definition) is 2. The van der Waals surface area contributed by atoms with Gasteiger partial charge in [-0.3, -0.25) is 0 Å². The molecule has 58 valence electrons. The van der Waals surface area contributed by atoms with Gasteiger partial charge in [0.05, 0.1) is 5.60 Å². The number of hydrogen-bond acceptors (Lipinski definition) is 2. The lowest BCUT2D eigenvalue weighted by Crippen LogP contribution is -2.24. The minimum absolute atomic E-state index is 0. The quantitative estimate of drug-likeness (QED) is 0.619. The average molecular weight is 133 g/mol. The van der Waals surface area contributed by atoms with E-state index in [1.165, 1.54) is 0 Å². The third-order valence-electron chi connectivity index (χ3n) is 1.97. The van der Waals surface area contributed by atoms with Gasteiger partial charge < -0.3 is 11.3 Å². The molecule has 0 heterocycles. The highest BCUT2D eigenvalue weighted by atomic mass is 16.3. The lowest BCUT2D eigenvalue weighted by Gasteiger charge is -2.22. The third-order valence-corrected chi connectivity index (χ3v) is 1.97. The molecule has 4 N–H and O–H groups in total. The van der Waals surface area contributed by atoms with Crippen molar-refractivity contribution in [1.82, 2.24) is 6.15 Å². The Morgan fingerprint density at radius 1 is 1.00 bits per heavy atom. The maximum atomic E-state index is 9.44. The summed E-state index contributed by atoms with van der Waals surface area (Å²) in [5.41, 5.74) is -0.375. The van der Waals surface area contributed by atoms with Crippen LogP contribution < -0.4 is 6.15 Å². The average Bonchev–Trinajstić information content (AvgIpc) is 1.87. The first-order valence-corrected chi connectivity index (χ1v) is 3.41. The van der Waals surface area contributed by atoms with Gasteiger partial charge in [-0.2, -0.15) is 0 Å². The smallest absolute Gasteiger partial charge is 0.0640 e. The first kappa shape index (κ1) is 11.7. The molecule has 0 aromatic carbocycles.